The Kier molecular flexibility index (Phi) is 4.70. The summed E-state index contributed by atoms with van der Waals surface area (Å²) in [6, 6.07) is 15.7. The minimum absolute atomic E-state index is 0.412. The Morgan fingerprint density at radius 2 is 1.59 bits per heavy atom. The minimum Gasteiger partial charge on any atom is -0.369 e. The molecule has 1 aromatic heterocycles. The first-order valence-corrected chi connectivity index (χ1v) is 8.84. The molecule has 7 heteroatoms. The average Bonchev–Trinajstić information content (AvgIpc) is 2.67. The van der Waals surface area contributed by atoms with Gasteiger partial charge in [-0.2, -0.15) is 13.2 Å². The number of rotatable bonds is 3. The molecule has 1 aliphatic rings. The number of alkyl halides is 3. The Balaban J connectivity index is 1.44. The fourth-order valence-electron chi connectivity index (χ4n) is 3.35. The summed E-state index contributed by atoms with van der Waals surface area (Å²) in [5, 5.41) is 0.995. The van der Waals surface area contributed by atoms with E-state index in [2.05, 4.69) is 14.9 Å². The van der Waals surface area contributed by atoms with E-state index in [9.17, 15) is 13.2 Å². The summed E-state index contributed by atoms with van der Waals surface area (Å²) in [5.74, 6) is 0.662. The predicted octanol–water partition coefficient (Wildman–Crippen LogP) is 3.98. The monoisotopic (exact) mass is 372 g/mol. The van der Waals surface area contributed by atoms with Crippen molar-refractivity contribution in [2.75, 3.05) is 37.6 Å². The number of benzene rings is 2. The van der Waals surface area contributed by atoms with Crippen LogP contribution >= 0.6 is 0 Å². The summed E-state index contributed by atoms with van der Waals surface area (Å²) in [6.45, 7) is 1.16. The van der Waals surface area contributed by atoms with Crippen LogP contribution in [0.2, 0.25) is 0 Å². The van der Waals surface area contributed by atoms with E-state index in [4.69, 9.17) is 0 Å². The normalized spacial score (nSPS) is 16.0. The maximum absolute atomic E-state index is 12.5. The molecule has 140 valence electrons. The summed E-state index contributed by atoms with van der Waals surface area (Å²) in [6.07, 6.45) is -2.32. The van der Waals surface area contributed by atoms with E-state index < -0.39 is 12.7 Å². The van der Waals surface area contributed by atoms with Crippen LogP contribution in [0.4, 0.5) is 18.9 Å². The molecule has 1 aliphatic heterocycles. The van der Waals surface area contributed by atoms with Gasteiger partial charge in [0.2, 0.25) is 0 Å². The molecule has 27 heavy (non-hydrogen) atoms. The second-order valence-corrected chi connectivity index (χ2v) is 6.68. The van der Waals surface area contributed by atoms with Crippen molar-refractivity contribution in [1.29, 1.82) is 0 Å². The van der Waals surface area contributed by atoms with Crippen LogP contribution in [0.25, 0.3) is 22.3 Å². The van der Waals surface area contributed by atoms with E-state index in [1.807, 2.05) is 54.7 Å². The summed E-state index contributed by atoms with van der Waals surface area (Å²) < 4.78 is 37.5. The molecular weight excluding hydrogens is 353 g/mol. The maximum atomic E-state index is 12.5. The third-order valence-electron chi connectivity index (χ3n) is 4.75. The van der Waals surface area contributed by atoms with Crippen LogP contribution in [-0.4, -0.2) is 53.8 Å². The number of nitrogens with zero attached hydrogens (tertiary/aromatic N) is 4. The molecular formula is C20H19F3N4. The van der Waals surface area contributed by atoms with Crippen molar-refractivity contribution < 1.29 is 13.2 Å². The molecule has 1 saturated heterocycles. The van der Waals surface area contributed by atoms with Crippen LogP contribution in [-0.2, 0) is 0 Å². The van der Waals surface area contributed by atoms with E-state index in [0.29, 0.717) is 32.0 Å². The molecule has 0 spiro atoms. The number of halogens is 3. The van der Waals surface area contributed by atoms with Crippen molar-refractivity contribution in [2.24, 2.45) is 0 Å². The highest BCUT2D eigenvalue weighted by Crippen LogP contribution is 2.24. The molecule has 2 aromatic carbocycles. The van der Waals surface area contributed by atoms with E-state index in [1.54, 1.807) is 0 Å². The minimum atomic E-state index is -4.14. The molecule has 0 N–H and O–H groups in total. The molecule has 0 bridgehead atoms. The van der Waals surface area contributed by atoms with Crippen molar-refractivity contribution in [3.8, 4) is 11.4 Å². The molecule has 0 unspecified atom stereocenters. The lowest BCUT2D eigenvalue weighted by Gasteiger charge is -2.36. The lowest BCUT2D eigenvalue weighted by molar-refractivity contribution is -0.146. The zero-order chi connectivity index (χ0) is 18.9. The molecule has 0 atom stereocenters. The molecule has 0 amide bonds. The standard InChI is InChI=1S/C20H19F3N4/c21-20(22,23)14-26-9-11-27(12-10-26)17-7-5-15(6-8-17)19-24-13-16-3-1-2-4-18(16)25-19/h1-8,13H,9-12,14H2. The lowest BCUT2D eigenvalue weighted by Crippen LogP contribution is -2.49. The van der Waals surface area contributed by atoms with Crippen LogP contribution in [0.15, 0.2) is 54.7 Å². The average molecular weight is 372 g/mol. The summed E-state index contributed by atoms with van der Waals surface area (Å²) in [4.78, 5) is 12.6. The summed E-state index contributed by atoms with van der Waals surface area (Å²) in [5.41, 5.74) is 2.82. The van der Waals surface area contributed by atoms with Gasteiger partial charge in [0.25, 0.3) is 0 Å². The van der Waals surface area contributed by atoms with Gasteiger partial charge in [-0.3, -0.25) is 4.90 Å². The fraction of sp³-hybridized carbons (Fsp3) is 0.300. The van der Waals surface area contributed by atoms with Gasteiger partial charge in [0.15, 0.2) is 5.82 Å². The molecule has 4 rings (SSSR count). The number of hydrogen-bond acceptors (Lipinski definition) is 4. The number of para-hydroxylation sites is 1. The number of fused-ring (bicyclic) bond motifs is 1. The van der Waals surface area contributed by atoms with Gasteiger partial charge < -0.3 is 4.90 Å². The molecule has 3 aromatic rings. The Hall–Kier alpha value is -2.67. The largest absolute Gasteiger partial charge is 0.401 e. The second kappa shape index (κ2) is 7.15. The number of hydrogen-bond donors (Lipinski definition) is 0. The first-order valence-electron chi connectivity index (χ1n) is 8.84. The Morgan fingerprint density at radius 1 is 0.889 bits per heavy atom. The first-order chi connectivity index (χ1) is 13.0. The van der Waals surface area contributed by atoms with Gasteiger partial charge in [-0.25, -0.2) is 9.97 Å². The summed E-state index contributed by atoms with van der Waals surface area (Å²) in [7, 11) is 0. The van der Waals surface area contributed by atoms with Gasteiger partial charge in [0.1, 0.15) is 0 Å². The predicted molar refractivity (Wildman–Crippen MR) is 99.7 cm³/mol. The third kappa shape index (κ3) is 4.19. The smallest absolute Gasteiger partial charge is 0.369 e. The van der Waals surface area contributed by atoms with Crippen LogP contribution < -0.4 is 4.90 Å². The van der Waals surface area contributed by atoms with E-state index in [1.165, 1.54) is 4.90 Å². The molecule has 4 nitrogen and oxygen atoms in total. The Labute approximate surface area is 155 Å². The van der Waals surface area contributed by atoms with Gasteiger partial charge in [0.05, 0.1) is 12.1 Å². The van der Waals surface area contributed by atoms with Crippen molar-refractivity contribution >= 4 is 16.6 Å². The number of aromatic nitrogens is 2. The van der Waals surface area contributed by atoms with Gasteiger partial charge in [0, 0.05) is 49.0 Å². The van der Waals surface area contributed by atoms with Crippen LogP contribution in [0, 0.1) is 0 Å². The molecule has 2 heterocycles. The lowest BCUT2D eigenvalue weighted by atomic mass is 10.1. The zero-order valence-corrected chi connectivity index (χ0v) is 14.7. The topological polar surface area (TPSA) is 32.3 Å². The van der Waals surface area contributed by atoms with E-state index >= 15 is 0 Å². The fourth-order valence-corrected chi connectivity index (χ4v) is 3.35. The van der Waals surface area contributed by atoms with Gasteiger partial charge >= 0.3 is 6.18 Å². The highest BCUT2D eigenvalue weighted by atomic mass is 19.4. The van der Waals surface area contributed by atoms with Gasteiger partial charge in [-0.15, -0.1) is 0 Å². The molecule has 0 saturated carbocycles. The highest BCUT2D eigenvalue weighted by molar-refractivity contribution is 5.79. The zero-order valence-electron chi connectivity index (χ0n) is 14.7. The van der Waals surface area contributed by atoms with E-state index in [0.717, 1.165) is 22.2 Å². The third-order valence-corrected chi connectivity index (χ3v) is 4.75. The maximum Gasteiger partial charge on any atom is 0.401 e. The van der Waals surface area contributed by atoms with Crippen LogP contribution in [0.1, 0.15) is 0 Å². The number of piperazine rings is 1. The van der Waals surface area contributed by atoms with Gasteiger partial charge in [-0.1, -0.05) is 18.2 Å². The van der Waals surface area contributed by atoms with Crippen molar-refractivity contribution in [3.05, 3.63) is 54.7 Å². The molecule has 0 aliphatic carbocycles. The van der Waals surface area contributed by atoms with Crippen LogP contribution in [0.3, 0.4) is 0 Å². The van der Waals surface area contributed by atoms with E-state index in [-0.39, 0.29) is 0 Å². The van der Waals surface area contributed by atoms with Crippen molar-refractivity contribution in [3.63, 3.8) is 0 Å². The van der Waals surface area contributed by atoms with Crippen molar-refractivity contribution in [1.82, 2.24) is 14.9 Å². The molecule has 1 fully saturated rings. The first kappa shape index (κ1) is 17.7. The highest BCUT2D eigenvalue weighted by Gasteiger charge is 2.32. The quantitative estimate of drug-likeness (QED) is 0.696. The van der Waals surface area contributed by atoms with Gasteiger partial charge in [-0.05, 0) is 30.3 Å². The molecule has 0 radical (unpaired) electrons. The number of anilines is 1. The second-order valence-electron chi connectivity index (χ2n) is 6.68. The summed E-state index contributed by atoms with van der Waals surface area (Å²) >= 11 is 0. The van der Waals surface area contributed by atoms with Crippen molar-refractivity contribution in [2.45, 2.75) is 6.18 Å². The van der Waals surface area contributed by atoms with Crippen LogP contribution in [0.5, 0.6) is 0 Å². The Morgan fingerprint density at radius 3 is 2.30 bits per heavy atom. The Bertz CT molecular complexity index is 916. The SMILES string of the molecule is FC(F)(F)CN1CCN(c2ccc(-c3ncc4ccccc4n3)cc2)CC1.